The molecule has 1 saturated heterocycles. The number of nitrogens with zero attached hydrogens (tertiary/aromatic N) is 2. The molecule has 2 N–H and O–H groups in total. The van der Waals surface area contributed by atoms with Crippen molar-refractivity contribution in [2.24, 2.45) is 0 Å². The number of hydrogen-bond acceptors (Lipinski definition) is 4. The fourth-order valence-corrected chi connectivity index (χ4v) is 2.42. The molecule has 0 atom stereocenters. The molecule has 0 bridgehead atoms. The lowest BCUT2D eigenvalue weighted by Gasteiger charge is -2.36. The molecule has 0 unspecified atom stereocenters. The van der Waals surface area contributed by atoms with Gasteiger partial charge in [-0.2, -0.15) is 0 Å². The number of anilines is 2. The van der Waals surface area contributed by atoms with Gasteiger partial charge in [0.15, 0.2) is 0 Å². The molecular formula is C15H17N3O2. The van der Waals surface area contributed by atoms with E-state index in [9.17, 15) is 4.79 Å². The third-order valence-electron chi connectivity index (χ3n) is 3.59. The van der Waals surface area contributed by atoms with Gasteiger partial charge in [-0.3, -0.25) is 4.79 Å². The van der Waals surface area contributed by atoms with Crippen molar-refractivity contribution in [3.05, 3.63) is 48.4 Å². The fraction of sp³-hybridized carbons (Fsp3) is 0.267. The maximum atomic E-state index is 12.2. The first-order valence-electron chi connectivity index (χ1n) is 6.66. The lowest BCUT2D eigenvalue weighted by Crippen LogP contribution is -2.48. The lowest BCUT2D eigenvalue weighted by molar-refractivity contribution is 0.0746. The highest BCUT2D eigenvalue weighted by Gasteiger charge is 2.22. The van der Waals surface area contributed by atoms with Crippen LogP contribution in [0.4, 0.5) is 11.4 Å². The summed E-state index contributed by atoms with van der Waals surface area (Å²) in [4.78, 5) is 16.3. The minimum absolute atomic E-state index is 0.0377. The molecule has 20 heavy (non-hydrogen) atoms. The molecule has 0 aliphatic carbocycles. The molecule has 1 amide bonds. The van der Waals surface area contributed by atoms with Gasteiger partial charge >= 0.3 is 0 Å². The molecule has 1 aliphatic heterocycles. The van der Waals surface area contributed by atoms with Gasteiger partial charge in [-0.05, 0) is 30.3 Å². The summed E-state index contributed by atoms with van der Waals surface area (Å²) in [6, 6.07) is 9.54. The van der Waals surface area contributed by atoms with E-state index in [1.807, 2.05) is 29.2 Å². The van der Waals surface area contributed by atoms with Crippen molar-refractivity contribution in [1.29, 1.82) is 0 Å². The van der Waals surface area contributed by atoms with Gasteiger partial charge in [-0.25, -0.2) is 0 Å². The Hall–Kier alpha value is -2.43. The van der Waals surface area contributed by atoms with Crippen LogP contribution in [0.1, 0.15) is 10.4 Å². The normalized spacial score (nSPS) is 15.4. The van der Waals surface area contributed by atoms with E-state index in [1.54, 1.807) is 6.07 Å². The van der Waals surface area contributed by atoms with E-state index in [0.29, 0.717) is 18.7 Å². The van der Waals surface area contributed by atoms with Crippen molar-refractivity contribution in [2.45, 2.75) is 0 Å². The second-order valence-corrected chi connectivity index (χ2v) is 4.88. The molecule has 5 heteroatoms. The van der Waals surface area contributed by atoms with Gasteiger partial charge in [-0.1, -0.05) is 0 Å². The predicted octanol–water partition coefficient (Wildman–Crippen LogP) is 1.82. The molecule has 0 spiro atoms. The molecule has 0 saturated carbocycles. The molecule has 1 aromatic heterocycles. The van der Waals surface area contributed by atoms with E-state index in [4.69, 9.17) is 10.2 Å². The van der Waals surface area contributed by atoms with Crippen LogP contribution in [0.25, 0.3) is 0 Å². The van der Waals surface area contributed by atoms with Gasteiger partial charge in [0, 0.05) is 37.6 Å². The molecule has 0 radical (unpaired) electrons. The van der Waals surface area contributed by atoms with Crippen molar-refractivity contribution < 1.29 is 9.21 Å². The van der Waals surface area contributed by atoms with E-state index in [0.717, 1.165) is 24.5 Å². The molecule has 2 aromatic rings. The van der Waals surface area contributed by atoms with Crippen molar-refractivity contribution in [3.8, 4) is 0 Å². The number of nitrogen functional groups attached to an aromatic ring is 1. The van der Waals surface area contributed by atoms with Crippen molar-refractivity contribution in [2.75, 3.05) is 36.8 Å². The summed E-state index contributed by atoms with van der Waals surface area (Å²) in [7, 11) is 0. The number of amides is 1. The summed E-state index contributed by atoms with van der Waals surface area (Å²) in [5, 5.41) is 0. The number of nitrogens with two attached hydrogens (primary N) is 1. The number of carbonyl (C=O) groups is 1. The zero-order valence-electron chi connectivity index (χ0n) is 11.2. The predicted molar refractivity (Wildman–Crippen MR) is 77.7 cm³/mol. The Morgan fingerprint density at radius 1 is 1.05 bits per heavy atom. The number of benzene rings is 1. The number of piperazine rings is 1. The highest BCUT2D eigenvalue weighted by molar-refractivity contribution is 5.94. The Bertz CT molecular complexity index is 570. The first-order chi connectivity index (χ1) is 9.74. The Morgan fingerprint density at radius 2 is 1.75 bits per heavy atom. The zero-order chi connectivity index (χ0) is 13.9. The third kappa shape index (κ3) is 2.47. The van der Waals surface area contributed by atoms with Gasteiger partial charge in [0.05, 0.1) is 11.8 Å². The van der Waals surface area contributed by atoms with Crippen LogP contribution in [-0.4, -0.2) is 37.0 Å². The van der Waals surface area contributed by atoms with Crippen LogP contribution in [0.5, 0.6) is 0 Å². The monoisotopic (exact) mass is 271 g/mol. The van der Waals surface area contributed by atoms with Gasteiger partial charge in [-0.15, -0.1) is 0 Å². The van der Waals surface area contributed by atoms with Gasteiger partial charge < -0.3 is 20.0 Å². The van der Waals surface area contributed by atoms with Crippen LogP contribution in [0, 0.1) is 0 Å². The number of rotatable bonds is 2. The largest absolute Gasteiger partial charge is 0.472 e. The number of hydrogen-bond donors (Lipinski definition) is 1. The minimum Gasteiger partial charge on any atom is -0.472 e. The Kier molecular flexibility index (Phi) is 3.33. The summed E-state index contributed by atoms with van der Waals surface area (Å²) < 4.78 is 4.96. The third-order valence-corrected chi connectivity index (χ3v) is 3.59. The Morgan fingerprint density at radius 3 is 2.35 bits per heavy atom. The molecule has 104 valence electrons. The zero-order valence-corrected chi connectivity index (χ0v) is 11.2. The topological polar surface area (TPSA) is 62.7 Å². The second-order valence-electron chi connectivity index (χ2n) is 4.88. The summed E-state index contributed by atoms with van der Waals surface area (Å²) >= 11 is 0. The van der Waals surface area contributed by atoms with Crippen LogP contribution in [-0.2, 0) is 0 Å². The molecular weight excluding hydrogens is 254 g/mol. The molecule has 1 aromatic carbocycles. The van der Waals surface area contributed by atoms with Crippen molar-refractivity contribution in [1.82, 2.24) is 4.90 Å². The van der Waals surface area contributed by atoms with Crippen LogP contribution in [0.2, 0.25) is 0 Å². The number of carbonyl (C=O) groups excluding carboxylic acids is 1. The average Bonchev–Trinajstić information content (AvgIpc) is 3.02. The summed E-state index contributed by atoms with van der Waals surface area (Å²) in [6.07, 6.45) is 3.02. The van der Waals surface area contributed by atoms with E-state index in [1.165, 1.54) is 12.5 Å². The average molecular weight is 271 g/mol. The molecule has 5 nitrogen and oxygen atoms in total. The fourth-order valence-electron chi connectivity index (χ4n) is 2.42. The van der Waals surface area contributed by atoms with Gasteiger partial charge in [0.25, 0.3) is 5.91 Å². The number of furan rings is 1. The van der Waals surface area contributed by atoms with Crippen LogP contribution < -0.4 is 10.6 Å². The Labute approximate surface area is 117 Å². The Balaban J connectivity index is 1.62. The molecule has 3 rings (SSSR count). The van der Waals surface area contributed by atoms with Crippen molar-refractivity contribution in [3.63, 3.8) is 0 Å². The molecule has 1 fully saturated rings. The first kappa shape index (κ1) is 12.6. The maximum Gasteiger partial charge on any atom is 0.257 e. The van der Waals surface area contributed by atoms with Crippen LogP contribution in [0.3, 0.4) is 0 Å². The highest BCUT2D eigenvalue weighted by atomic mass is 16.3. The maximum absolute atomic E-state index is 12.2. The summed E-state index contributed by atoms with van der Waals surface area (Å²) in [5.41, 5.74) is 8.22. The lowest BCUT2D eigenvalue weighted by atomic mass is 10.2. The van der Waals surface area contributed by atoms with Gasteiger partial charge in [0.2, 0.25) is 0 Å². The van der Waals surface area contributed by atoms with Crippen LogP contribution in [0.15, 0.2) is 47.3 Å². The first-order valence-corrected chi connectivity index (χ1v) is 6.66. The molecule has 1 aliphatic rings. The summed E-state index contributed by atoms with van der Waals surface area (Å²) in [6.45, 7) is 3.09. The molecule has 2 heterocycles. The van der Waals surface area contributed by atoms with E-state index in [2.05, 4.69) is 4.90 Å². The van der Waals surface area contributed by atoms with Crippen molar-refractivity contribution >= 4 is 17.3 Å². The van der Waals surface area contributed by atoms with E-state index < -0.39 is 0 Å². The quantitative estimate of drug-likeness (QED) is 0.846. The standard InChI is InChI=1S/C15H17N3O2/c16-13-1-3-14(4-2-13)17-6-8-18(9-7-17)15(19)12-5-10-20-11-12/h1-5,10-11H,6-9,16H2. The van der Waals surface area contributed by atoms with Gasteiger partial charge in [0.1, 0.15) is 6.26 Å². The smallest absolute Gasteiger partial charge is 0.257 e. The van der Waals surface area contributed by atoms with Crippen LogP contribution >= 0.6 is 0 Å². The second kappa shape index (κ2) is 5.28. The highest BCUT2D eigenvalue weighted by Crippen LogP contribution is 2.18. The van der Waals surface area contributed by atoms with E-state index in [-0.39, 0.29) is 5.91 Å². The van der Waals surface area contributed by atoms with E-state index >= 15 is 0 Å². The SMILES string of the molecule is Nc1ccc(N2CCN(C(=O)c3ccoc3)CC2)cc1. The minimum atomic E-state index is 0.0377. The summed E-state index contributed by atoms with van der Waals surface area (Å²) in [5.74, 6) is 0.0377.